The van der Waals surface area contributed by atoms with E-state index in [9.17, 15) is 8.42 Å². The highest BCUT2D eigenvalue weighted by Gasteiger charge is 2.10. The van der Waals surface area contributed by atoms with Gasteiger partial charge in [-0.1, -0.05) is 6.08 Å². The van der Waals surface area contributed by atoms with Gasteiger partial charge < -0.3 is 9.47 Å². The van der Waals surface area contributed by atoms with E-state index < -0.39 is 10.0 Å². The van der Waals surface area contributed by atoms with Crippen LogP contribution < -0.4 is 14.2 Å². The summed E-state index contributed by atoms with van der Waals surface area (Å²) in [6, 6.07) is 5.21. The fourth-order valence-corrected chi connectivity index (χ4v) is 2.23. The van der Waals surface area contributed by atoms with Crippen molar-refractivity contribution in [2.45, 2.75) is 6.54 Å². The number of benzene rings is 1. The van der Waals surface area contributed by atoms with Crippen LogP contribution in [-0.2, 0) is 16.6 Å². The lowest BCUT2D eigenvalue weighted by atomic mass is 10.2. The van der Waals surface area contributed by atoms with Gasteiger partial charge >= 0.3 is 0 Å². The molecular formula is C12H17NO4S. The van der Waals surface area contributed by atoms with Crippen LogP contribution in [0.25, 0.3) is 0 Å². The molecule has 0 aromatic heterocycles. The molecule has 100 valence electrons. The molecule has 0 spiro atoms. The molecule has 1 rings (SSSR count). The molecule has 0 aliphatic rings. The summed E-state index contributed by atoms with van der Waals surface area (Å²) >= 11 is 0. The molecule has 0 unspecified atom stereocenters. The molecule has 18 heavy (non-hydrogen) atoms. The molecule has 0 amide bonds. The van der Waals surface area contributed by atoms with Crippen LogP contribution in [0.1, 0.15) is 5.56 Å². The predicted molar refractivity (Wildman–Crippen MR) is 70.4 cm³/mol. The fraction of sp³-hybridized carbons (Fsp3) is 0.333. The number of ether oxygens (including phenoxy) is 2. The standard InChI is InChI=1S/C12H17NO4S/c1-4-7-18(14,15)13-9-10-8-11(16-2)5-6-12(10)17-3/h4-6,8,13H,1,7,9H2,2-3H3. The Labute approximate surface area is 107 Å². The topological polar surface area (TPSA) is 64.6 Å². The Morgan fingerprint density at radius 3 is 2.61 bits per heavy atom. The van der Waals surface area contributed by atoms with Crippen LogP contribution in [0.15, 0.2) is 30.9 Å². The van der Waals surface area contributed by atoms with Gasteiger partial charge in [-0.15, -0.1) is 6.58 Å². The molecule has 0 fully saturated rings. The lowest BCUT2D eigenvalue weighted by molar-refractivity contribution is 0.398. The number of sulfonamides is 1. The van der Waals surface area contributed by atoms with E-state index >= 15 is 0 Å². The third-order valence-electron chi connectivity index (χ3n) is 2.31. The monoisotopic (exact) mass is 271 g/mol. The molecule has 1 aromatic carbocycles. The Morgan fingerprint density at radius 1 is 1.33 bits per heavy atom. The van der Waals surface area contributed by atoms with E-state index in [0.29, 0.717) is 17.1 Å². The molecule has 0 radical (unpaired) electrons. The van der Waals surface area contributed by atoms with Crippen LogP contribution in [0.2, 0.25) is 0 Å². The minimum Gasteiger partial charge on any atom is -0.497 e. The Kier molecular flexibility index (Phi) is 5.18. The molecule has 0 aliphatic carbocycles. The van der Waals surface area contributed by atoms with Crippen molar-refractivity contribution < 1.29 is 17.9 Å². The van der Waals surface area contributed by atoms with Gasteiger partial charge in [0.15, 0.2) is 0 Å². The molecule has 0 atom stereocenters. The summed E-state index contributed by atoms with van der Waals surface area (Å²) < 4.78 is 35.7. The molecular weight excluding hydrogens is 254 g/mol. The summed E-state index contributed by atoms with van der Waals surface area (Å²) in [6.07, 6.45) is 1.34. The van der Waals surface area contributed by atoms with Gasteiger partial charge in [-0.2, -0.15) is 0 Å². The number of hydrogen-bond donors (Lipinski definition) is 1. The summed E-state index contributed by atoms with van der Waals surface area (Å²) in [5.41, 5.74) is 0.712. The lowest BCUT2D eigenvalue weighted by Gasteiger charge is -2.11. The molecule has 0 heterocycles. The first kappa shape index (κ1) is 14.5. The van der Waals surface area contributed by atoms with Gasteiger partial charge in [-0.05, 0) is 18.2 Å². The van der Waals surface area contributed by atoms with E-state index in [0.717, 1.165) is 0 Å². The molecule has 5 nitrogen and oxygen atoms in total. The SMILES string of the molecule is C=CCS(=O)(=O)NCc1cc(OC)ccc1OC. The maximum Gasteiger partial charge on any atom is 0.215 e. The predicted octanol–water partition coefficient (Wildman–Crippen LogP) is 1.31. The summed E-state index contributed by atoms with van der Waals surface area (Å²) in [4.78, 5) is 0. The van der Waals surface area contributed by atoms with Crippen LogP contribution in [0.3, 0.4) is 0 Å². The average molecular weight is 271 g/mol. The molecule has 0 aliphatic heterocycles. The van der Waals surface area contributed by atoms with Crippen molar-refractivity contribution in [3.05, 3.63) is 36.4 Å². The van der Waals surface area contributed by atoms with Gasteiger partial charge in [-0.25, -0.2) is 13.1 Å². The van der Waals surface area contributed by atoms with Crippen molar-refractivity contribution in [1.82, 2.24) is 4.72 Å². The summed E-state index contributed by atoms with van der Waals surface area (Å²) in [5, 5.41) is 0. The van der Waals surface area contributed by atoms with Gasteiger partial charge in [0.05, 0.1) is 20.0 Å². The molecule has 1 N–H and O–H groups in total. The van der Waals surface area contributed by atoms with E-state index in [4.69, 9.17) is 9.47 Å². The number of hydrogen-bond acceptors (Lipinski definition) is 4. The van der Waals surface area contributed by atoms with E-state index in [1.54, 1.807) is 25.3 Å². The maximum atomic E-state index is 11.5. The zero-order chi connectivity index (χ0) is 13.6. The third-order valence-corrected chi connectivity index (χ3v) is 3.57. The third kappa shape index (κ3) is 4.05. The van der Waals surface area contributed by atoms with Crippen LogP contribution in [-0.4, -0.2) is 28.4 Å². The highest BCUT2D eigenvalue weighted by Crippen LogP contribution is 2.23. The van der Waals surface area contributed by atoms with E-state index in [1.165, 1.54) is 13.2 Å². The first-order chi connectivity index (χ1) is 8.52. The number of rotatable bonds is 7. The molecule has 0 bridgehead atoms. The zero-order valence-corrected chi connectivity index (χ0v) is 11.3. The number of nitrogens with one attached hydrogen (secondary N) is 1. The highest BCUT2D eigenvalue weighted by atomic mass is 32.2. The van der Waals surface area contributed by atoms with Crippen LogP contribution in [0.5, 0.6) is 11.5 Å². The maximum absolute atomic E-state index is 11.5. The smallest absolute Gasteiger partial charge is 0.215 e. The van der Waals surface area contributed by atoms with Gasteiger partial charge in [0.1, 0.15) is 11.5 Å². The molecule has 0 saturated heterocycles. The fourth-order valence-electron chi connectivity index (χ4n) is 1.42. The lowest BCUT2D eigenvalue weighted by Crippen LogP contribution is -2.25. The van der Waals surface area contributed by atoms with E-state index in [-0.39, 0.29) is 12.3 Å². The van der Waals surface area contributed by atoms with Gasteiger partial charge in [0.2, 0.25) is 10.0 Å². The van der Waals surface area contributed by atoms with E-state index in [1.807, 2.05) is 0 Å². The Morgan fingerprint density at radius 2 is 2.06 bits per heavy atom. The molecule has 6 heteroatoms. The van der Waals surface area contributed by atoms with Crippen molar-refractivity contribution in [3.63, 3.8) is 0 Å². The van der Waals surface area contributed by atoms with Crippen LogP contribution >= 0.6 is 0 Å². The minimum absolute atomic E-state index is 0.112. The van der Waals surface area contributed by atoms with Gasteiger partial charge in [-0.3, -0.25) is 0 Å². The van der Waals surface area contributed by atoms with Crippen molar-refractivity contribution in [3.8, 4) is 11.5 Å². The first-order valence-electron chi connectivity index (χ1n) is 5.31. The van der Waals surface area contributed by atoms with Crippen LogP contribution in [0.4, 0.5) is 0 Å². The molecule has 0 saturated carbocycles. The van der Waals surface area contributed by atoms with E-state index in [2.05, 4.69) is 11.3 Å². The quantitative estimate of drug-likeness (QED) is 0.759. The first-order valence-corrected chi connectivity index (χ1v) is 6.96. The van der Waals surface area contributed by atoms with Crippen molar-refractivity contribution in [1.29, 1.82) is 0 Å². The second-order valence-electron chi connectivity index (χ2n) is 3.57. The zero-order valence-electron chi connectivity index (χ0n) is 10.5. The Bertz CT molecular complexity index is 511. The second-order valence-corrected chi connectivity index (χ2v) is 5.42. The summed E-state index contributed by atoms with van der Waals surface area (Å²) in [7, 11) is -0.258. The normalized spacial score (nSPS) is 11.0. The Balaban J connectivity index is 2.86. The van der Waals surface area contributed by atoms with Gasteiger partial charge in [0, 0.05) is 12.1 Å². The molecule has 1 aromatic rings. The summed E-state index contributed by atoms with van der Waals surface area (Å²) in [5.74, 6) is 1.14. The largest absolute Gasteiger partial charge is 0.497 e. The van der Waals surface area contributed by atoms with Crippen molar-refractivity contribution >= 4 is 10.0 Å². The van der Waals surface area contributed by atoms with Gasteiger partial charge in [0.25, 0.3) is 0 Å². The Hall–Kier alpha value is -1.53. The highest BCUT2D eigenvalue weighted by molar-refractivity contribution is 7.89. The number of methoxy groups -OCH3 is 2. The van der Waals surface area contributed by atoms with Crippen molar-refractivity contribution in [2.24, 2.45) is 0 Å². The van der Waals surface area contributed by atoms with Crippen LogP contribution in [0, 0.1) is 0 Å². The summed E-state index contributed by atoms with van der Waals surface area (Å²) in [6.45, 7) is 3.55. The minimum atomic E-state index is -3.34. The average Bonchev–Trinajstić information content (AvgIpc) is 2.36. The second kappa shape index (κ2) is 6.42. The van der Waals surface area contributed by atoms with Crippen molar-refractivity contribution in [2.75, 3.05) is 20.0 Å².